The Kier molecular flexibility index (Phi) is 1.56. The van der Waals surface area contributed by atoms with Gasteiger partial charge in [-0.1, -0.05) is 18.2 Å². The summed E-state index contributed by atoms with van der Waals surface area (Å²) in [5.74, 6) is 0. The molecule has 0 radical (unpaired) electrons. The molecule has 4 rings (SSSR count). The van der Waals surface area contributed by atoms with Crippen molar-refractivity contribution in [1.29, 1.82) is 0 Å². The summed E-state index contributed by atoms with van der Waals surface area (Å²) in [7, 11) is 0. The maximum Gasteiger partial charge on any atom is 0.159 e. The second-order valence-electron chi connectivity index (χ2n) is 4.33. The van der Waals surface area contributed by atoms with E-state index in [1.807, 2.05) is 30.3 Å². The highest BCUT2D eigenvalue weighted by Crippen LogP contribution is 2.39. The van der Waals surface area contributed by atoms with Crippen LogP contribution in [0.3, 0.4) is 0 Å². The number of hydrogen-bond donors (Lipinski definition) is 2. The van der Waals surface area contributed by atoms with Gasteiger partial charge in [-0.2, -0.15) is 0 Å². The zero-order valence-electron chi connectivity index (χ0n) is 9.44. The molecule has 88 valence electrons. The highest BCUT2D eigenvalue weighted by atomic mass is 16.3. The third-order valence-electron chi connectivity index (χ3n) is 3.27. The van der Waals surface area contributed by atoms with E-state index in [0.717, 1.165) is 27.3 Å². The van der Waals surface area contributed by atoms with Gasteiger partial charge in [-0.05, 0) is 12.1 Å². The third kappa shape index (κ3) is 0.996. The Hall–Kier alpha value is -2.62. The molecular weight excluding hydrogens is 228 g/mol. The second-order valence-corrected chi connectivity index (χ2v) is 4.33. The van der Waals surface area contributed by atoms with Gasteiger partial charge in [-0.15, -0.1) is 0 Å². The second kappa shape index (κ2) is 2.98. The summed E-state index contributed by atoms with van der Waals surface area (Å²) >= 11 is 0. The fourth-order valence-electron chi connectivity index (χ4n) is 2.43. The SMILES string of the molecule is Nc1coc2c(N)c3c(cc12)oc1ccccc13. The van der Waals surface area contributed by atoms with Gasteiger partial charge in [0.15, 0.2) is 5.58 Å². The van der Waals surface area contributed by atoms with Crippen LogP contribution >= 0.6 is 0 Å². The lowest BCUT2D eigenvalue weighted by Gasteiger charge is -1.98. The van der Waals surface area contributed by atoms with Gasteiger partial charge in [0, 0.05) is 10.8 Å². The summed E-state index contributed by atoms with van der Waals surface area (Å²) in [5.41, 5.74) is 15.3. The van der Waals surface area contributed by atoms with Crippen molar-refractivity contribution in [3.8, 4) is 0 Å². The molecular formula is C14H10N2O2. The van der Waals surface area contributed by atoms with Gasteiger partial charge < -0.3 is 20.3 Å². The van der Waals surface area contributed by atoms with Crippen molar-refractivity contribution in [2.75, 3.05) is 11.5 Å². The van der Waals surface area contributed by atoms with Gasteiger partial charge in [0.25, 0.3) is 0 Å². The summed E-state index contributed by atoms with van der Waals surface area (Å²) in [4.78, 5) is 0. The molecule has 4 heteroatoms. The van der Waals surface area contributed by atoms with Crippen LogP contribution in [0, 0.1) is 0 Å². The van der Waals surface area contributed by atoms with E-state index >= 15 is 0 Å². The number of nitrogens with two attached hydrogens (primary N) is 2. The van der Waals surface area contributed by atoms with E-state index < -0.39 is 0 Å². The van der Waals surface area contributed by atoms with Crippen LogP contribution in [0.25, 0.3) is 32.9 Å². The molecule has 2 heterocycles. The van der Waals surface area contributed by atoms with E-state index in [4.69, 9.17) is 20.3 Å². The van der Waals surface area contributed by atoms with Gasteiger partial charge in [-0.25, -0.2) is 0 Å². The van der Waals surface area contributed by atoms with E-state index in [1.165, 1.54) is 6.26 Å². The minimum absolute atomic E-state index is 0.569. The molecule has 0 unspecified atom stereocenters. The first kappa shape index (κ1) is 9.41. The van der Waals surface area contributed by atoms with Crippen molar-refractivity contribution in [2.45, 2.75) is 0 Å². The number of rotatable bonds is 0. The molecule has 4 nitrogen and oxygen atoms in total. The average Bonchev–Trinajstić information content (AvgIpc) is 2.92. The number of hydrogen-bond acceptors (Lipinski definition) is 4. The molecule has 0 saturated heterocycles. The van der Waals surface area contributed by atoms with Crippen LogP contribution < -0.4 is 11.5 Å². The molecule has 2 aromatic carbocycles. The predicted octanol–water partition coefficient (Wildman–Crippen LogP) is 3.50. The number of nitrogen functional groups attached to an aromatic ring is 2. The maximum absolute atomic E-state index is 6.17. The summed E-state index contributed by atoms with van der Waals surface area (Å²) in [6, 6.07) is 9.66. The Morgan fingerprint density at radius 3 is 2.67 bits per heavy atom. The molecule has 0 saturated carbocycles. The molecule has 4 aromatic rings. The van der Waals surface area contributed by atoms with Gasteiger partial charge in [0.05, 0.1) is 16.8 Å². The Morgan fingerprint density at radius 2 is 1.78 bits per heavy atom. The van der Waals surface area contributed by atoms with E-state index in [9.17, 15) is 0 Å². The van der Waals surface area contributed by atoms with Crippen LogP contribution in [-0.2, 0) is 0 Å². The van der Waals surface area contributed by atoms with Crippen LogP contribution in [0.1, 0.15) is 0 Å². The van der Waals surface area contributed by atoms with E-state index in [0.29, 0.717) is 17.0 Å². The van der Waals surface area contributed by atoms with Crippen LogP contribution in [0.4, 0.5) is 11.4 Å². The number of furan rings is 2. The molecule has 0 aliphatic heterocycles. The summed E-state index contributed by atoms with van der Waals surface area (Å²) < 4.78 is 11.2. The molecule has 0 aliphatic carbocycles. The molecule has 0 atom stereocenters. The molecule has 0 bridgehead atoms. The standard InChI is InChI=1S/C14H10N2O2/c15-9-6-17-14-8(9)5-11-12(13(14)16)7-3-1-2-4-10(7)18-11/h1-6H,15-16H2. The number of benzene rings is 2. The van der Waals surface area contributed by atoms with Crippen molar-refractivity contribution in [3.05, 3.63) is 36.6 Å². The van der Waals surface area contributed by atoms with Gasteiger partial charge in [-0.3, -0.25) is 0 Å². The Balaban J connectivity index is 2.35. The Bertz CT molecular complexity index is 902. The predicted molar refractivity (Wildman–Crippen MR) is 72.3 cm³/mol. The molecule has 2 aromatic heterocycles. The van der Waals surface area contributed by atoms with Crippen molar-refractivity contribution in [1.82, 2.24) is 0 Å². The molecule has 4 N–H and O–H groups in total. The average molecular weight is 238 g/mol. The van der Waals surface area contributed by atoms with E-state index in [1.54, 1.807) is 0 Å². The highest BCUT2D eigenvalue weighted by Gasteiger charge is 2.16. The van der Waals surface area contributed by atoms with E-state index in [2.05, 4.69) is 0 Å². The smallest absolute Gasteiger partial charge is 0.159 e. The zero-order chi connectivity index (χ0) is 12.3. The maximum atomic E-state index is 6.17. The first-order chi connectivity index (χ1) is 8.75. The quantitative estimate of drug-likeness (QED) is 0.459. The molecule has 0 aliphatic rings. The minimum Gasteiger partial charge on any atom is -0.460 e. The number of para-hydroxylation sites is 1. The normalized spacial score (nSPS) is 11.8. The van der Waals surface area contributed by atoms with Crippen molar-refractivity contribution in [2.24, 2.45) is 0 Å². The molecule has 0 fully saturated rings. The third-order valence-corrected chi connectivity index (χ3v) is 3.27. The zero-order valence-corrected chi connectivity index (χ0v) is 9.44. The lowest BCUT2D eigenvalue weighted by atomic mass is 10.1. The van der Waals surface area contributed by atoms with E-state index in [-0.39, 0.29) is 0 Å². The molecule has 0 spiro atoms. The molecule has 0 amide bonds. The first-order valence-electron chi connectivity index (χ1n) is 5.62. The van der Waals surface area contributed by atoms with Crippen LogP contribution in [0.2, 0.25) is 0 Å². The summed E-state index contributed by atoms with van der Waals surface area (Å²) in [5, 5.41) is 2.66. The van der Waals surface area contributed by atoms with Crippen LogP contribution in [0.15, 0.2) is 45.4 Å². The summed E-state index contributed by atoms with van der Waals surface area (Å²) in [6.07, 6.45) is 1.50. The van der Waals surface area contributed by atoms with Gasteiger partial charge in [0.1, 0.15) is 17.4 Å². The Morgan fingerprint density at radius 1 is 0.944 bits per heavy atom. The molecule has 18 heavy (non-hydrogen) atoms. The van der Waals surface area contributed by atoms with Crippen molar-refractivity contribution in [3.63, 3.8) is 0 Å². The topological polar surface area (TPSA) is 78.3 Å². The fraction of sp³-hybridized carbons (Fsp3) is 0. The lowest BCUT2D eigenvalue weighted by Crippen LogP contribution is -1.87. The first-order valence-corrected chi connectivity index (χ1v) is 5.62. The van der Waals surface area contributed by atoms with Crippen molar-refractivity contribution < 1.29 is 8.83 Å². The largest absolute Gasteiger partial charge is 0.460 e. The highest BCUT2D eigenvalue weighted by molar-refractivity contribution is 6.19. The van der Waals surface area contributed by atoms with Crippen LogP contribution in [0.5, 0.6) is 0 Å². The Labute approximate surface area is 102 Å². The van der Waals surface area contributed by atoms with Crippen LogP contribution in [-0.4, -0.2) is 0 Å². The van der Waals surface area contributed by atoms with Crippen molar-refractivity contribution >= 4 is 44.3 Å². The lowest BCUT2D eigenvalue weighted by molar-refractivity contribution is 0.618. The summed E-state index contributed by atoms with van der Waals surface area (Å²) in [6.45, 7) is 0. The monoisotopic (exact) mass is 238 g/mol. The fourth-order valence-corrected chi connectivity index (χ4v) is 2.43. The number of anilines is 2. The van der Waals surface area contributed by atoms with Gasteiger partial charge >= 0.3 is 0 Å². The van der Waals surface area contributed by atoms with Gasteiger partial charge in [0.2, 0.25) is 0 Å². The minimum atomic E-state index is 0.569. The number of fused-ring (bicyclic) bond motifs is 4.